The van der Waals surface area contributed by atoms with Crippen molar-refractivity contribution < 1.29 is 4.74 Å². The van der Waals surface area contributed by atoms with Crippen molar-refractivity contribution in [3.8, 4) is 0 Å². The van der Waals surface area contributed by atoms with Gasteiger partial charge in [-0.25, -0.2) is 0 Å². The van der Waals surface area contributed by atoms with E-state index in [4.69, 9.17) is 4.74 Å². The van der Waals surface area contributed by atoms with E-state index in [9.17, 15) is 4.79 Å². The van der Waals surface area contributed by atoms with E-state index in [1.54, 1.807) is 13.2 Å². The SMILES string of the molecule is COCc1ccc2[nH]c(C(C)(C)C)cc(=O)c2c1. The molecule has 0 amide bonds. The van der Waals surface area contributed by atoms with Crippen molar-refractivity contribution in [1.82, 2.24) is 4.98 Å². The number of ether oxygens (including phenoxy) is 1. The normalized spacial score (nSPS) is 12.0. The number of fused-ring (bicyclic) bond motifs is 1. The first-order chi connectivity index (χ1) is 8.41. The van der Waals surface area contributed by atoms with Gasteiger partial charge in [-0.1, -0.05) is 26.8 Å². The molecule has 1 N–H and O–H groups in total. The average Bonchev–Trinajstić information content (AvgIpc) is 2.29. The van der Waals surface area contributed by atoms with E-state index in [1.807, 2.05) is 18.2 Å². The van der Waals surface area contributed by atoms with E-state index >= 15 is 0 Å². The highest BCUT2D eigenvalue weighted by Gasteiger charge is 2.16. The number of aromatic amines is 1. The summed E-state index contributed by atoms with van der Waals surface area (Å²) < 4.78 is 5.08. The van der Waals surface area contributed by atoms with Crippen LogP contribution in [0.4, 0.5) is 0 Å². The first-order valence-electron chi connectivity index (χ1n) is 6.07. The van der Waals surface area contributed by atoms with Gasteiger partial charge < -0.3 is 9.72 Å². The Bertz CT molecular complexity index is 620. The molecular formula is C15H19NO2. The molecule has 3 heteroatoms. The summed E-state index contributed by atoms with van der Waals surface area (Å²) in [6.07, 6.45) is 0. The lowest BCUT2D eigenvalue weighted by molar-refractivity contribution is 0.185. The van der Waals surface area contributed by atoms with Crippen LogP contribution in [0.25, 0.3) is 10.9 Å². The van der Waals surface area contributed by atoms with Crippen molar-refractivity contribution >= 4 is 10.9 Å². The Morgan fingerprint density at radius 1 is 1.22 bits per heavy atom. The van der Waals surface area contributed by atoms with Gasteiger partial charge in [-0.2, -0.15) is 0 Å². The number of pyridine rings is 1. The number of benzene rings is 1. The third kappa shape index (κ3) is 2.46. The number of aromatic nitrogens is 1. The van der Waals surface area contributed by atoms with E-state index < -0.39 is 0 Å². The fraction of sp³-hybridized carbons (Fsp3) is 0.400. The summed E-state index contributed by atoms with van der Waals surface area (Å²) in [5, 5.41) is 0.720. The van der Waals surface area contributed by atoms with Crippen LogP contribution in [0.2, 0.25) is 0 Å². The van der Waals surface area contributed by atoms with Gasteiger partial charge >= 0.3 is 0 Å². The molecule has 96 valence electrons. The van der Waals surface area contributed by atoms with Crippen LogP contribution in [-0.4, -0.2) is 12.1 Å². The highest BCUT2D eigenvalue weighted by molar-refractivity contribution is 5.79. The number of hydrogen-bond donors (Lipinski definition) is 1. The monoisotopic (exact) mass is 245 g/mol. The number of methoxy groups -OCH3 is 1. The lowest BCUT2D eigenvalue weighted by Crippen LogP contribution is -2.17. The number of hydrogen-bond acceptors (Lipinski definition) is 2. The van der Waals surface area contributed by atoms with Crippen molar-refractivity contribution in [3.05, 3.63) is 45.7 Å². The van der Waals surface area contributed by atoms with Gasteiger partial charge in [0.2, 0.25) is 0 Å². The smallest absolute Gasteiger partial charge is 0.189 e. The summed E-state index contributed by atoms with van der Waals surface area (Å²) >= 11 is 0. The molecule has 0 bridgehead atoms. The molecule has 0 aliphatic heterocycles. The van der Waals surface area contributed by atoms with Gasteiger partial charge in [0, 0.05) is 35.2 Å². The maximum absolute atomic E-state index is 12.1. The molecule has 18 heavy (non-hydrogen) atoms. The highest BCUT2D eigenvalue weighted by Crippen LogP contribution is 2.21. The molecule has 2 rings (SSSR count). The van der Waals surface area contributed by atoms with Gasteiger partial charge in [0.25, 0.3) is 0 Å². The Morgan fingerprint density at radius 3 is 2.56 bits per heavy atom. The standard InChI is InChI=1S/C15H19NO2/c1-15(2,3)14-8-13(17)11-7-10(9-18-4)5-6-12(11)16-14/h5-8H,9H2,1-4H3,(H,16,17). The molecule has 0 saturated carbocycles. The number of rotatable bonds is 2. The molecule has 0 atom stereocenters. The van der Waals surface area contributed by atoms with E-state index in [1.165, 1.54) is 0 Å². The molecule has 1 heterocycles. The van der Waals surface area contributed by atoms with Crippen LogP contribution >= 0.6 is 0 Å². The van der Waals surface area contributed by atoms with E-state index in [-0.39, 0.29) is 10.8 Å². The van der Waals surface area contributed by atoms with Crippen LogP contribution in [0.15, 0.2) is 29.1 Å². The summed E-state index contributed by atoms with van der Waals surface area (Å²) in [4.78, 5) is 15.5. The van der Waals surface area contributed by atoms with Crippen LogP contribution < -0.4 is 5.43 Å². The summed E-state index contributed by atoms with van der Waals surface area (Å²) in [5.74, 6) is 0. The minimum Gasteiger partial charge on any atom is -0.380 e. The van der Waals surface area contributed by atoms with Crippen LogP contribution in [0.5, 0.6) is 0 Å². The second-order valence-corrected chi connectivity index (χ2v) is 5.61. The topological polar surface area (TPSA) is 42.1 Å². The minimum absolute atomic E-state index is 0.0570. The van der Waals surface area contributed by atoms with E-state index in [0.717, 1.165) is 22.2 Å². The van der Waals surface area contributed by atoms with Gasteiger partial charge in [-0.05, 0) is 17.7 Å². The minimum atomic E-state index is -0.0570. The van der Waals surface area contributed by atoms with Gasteiger partial charge in [0.1, 0.15) is 0 Å². The van der Waals surface area contributed by atoms with Crippen LogP contribution in [0.3, 0.4) is 0 Å². The van der Waals surface area contributed by atoms with E-state index in [2.05, 4.69) is 25.8 Å². The van der Waals surface area contributed by atoms with Crippen molar-refractivity contribution in [2.24, 2.45) is 0 Å². The van der Waals surface area contributed by atoms with Crippen LogP contribution in [0, 0.1) is 0 Å². The first-order valence-corrected chi connectivity index (χ1v) is 6.07. The average molecular weight is 245 g/mol. The summed E-state index contributed by atoms with van der Waals surface area (Å²) in [6, 6.07) is 7.51. The fourth-order valence-electron chi connectivity index (χ4n) is 1.95. The van der Waals surface area contributed by atoms with Crippen molar-refractivity contribution in [1.29, 1.82) is 0 Å². The zero-order chi connectivity index (χ0) is 13.3. The largest absolute Gasteiger partial charge is 0.380 e. The maximum Gasteiger partial charge on any atom is 0.189 e. The van der Waals surface area contributed by atoms with Gasteiger partial charge in [-0.15, -0.1) is 0 Å². The molecule has 0 fully saturated rings. The third-order valence-electron chi connectivity index (χ3n) is 3.01. The zero-order valence-electron chi connectivity index (χ0n) is 11.3. The predicted molar refractivity (Wildman–Crippen MR) is 74.0 cm³/mol. The molecule has 0 unspecified atom stereocenters. The number of H-pyrrole nitrogens is 1. The second-order valence-electron chi connectivity index (χ2n) is 5.61. The molecule has 0 aliphatic carbocycles. The first kappa shape index (κ1) is 12.8. The molecule has 1 aromatic heterocycles. The molecule has 2 aromatic rings. The van der Waals surface area contributed by atoms with Gasteiger partial charge in [0.05, 0.1) is 6.61 Å². The Morgan fingerprint density at radius 2 is 1.94 bits per heavy atom. The number of nitrogens with one attached hydrogen (secondary N) is 1. The Kier molecular flexibility index (Phi) is 3.26. The summed E-state index contributed by atoms with van der Waals surface area (Å²) in [7, 11) is 1.65. The highest BCUT2D eigenvalue weighted by atomic mass is 16.5. The molecule has 0 saturated heterocycles. The quantitative estimate of drug-likeness (QED) is 0.883. The van der Waals surface area contributed by atoms with Crippen molar-refractivity contribution in [2.75, 3.05) is 7.11 Å². The fourth-order valence-corrected chi connectivity index (χ4v) is 1.95. The van der Waals surface area contributed by atoms with Gasteiger partial charge in [0.15, 0.2) is 5.43 Å². The Labute approximate surface area is 107 Å². The lowest BCUT2D eigenvalue weighted by atomic mass is 9.91. The molecule has 0 aliphatic rings. The molecule has 1 aromatic carbocycles. The molecular weight excluding hydrogens is 226 g/mol. The summed E-state index contributed by atoms with van der Waals surface area (Å²) in [6.45, 7) is 6.78. The second kappa shape index (κ2) is 4.58. The maximum atomic E-state index is 12.1. The predicted octanol–water partition coefficient (Wildman–Crippen LogP) is 2.97. The molecule has 0 spiro atoms. The van der Waals surface area contributed by atoms with E-state index in [0.29, 0.717) is 6.61 Å². The Hall–Kier alpha value is -1.61. The van der Waals surface area contributed by atoms with Crippen LogP contribution in [0.1, 0.15) is 32.0 Å². The van der Waals surface area contributed by atoms with Crippen molar-refractivity contribution in [3.63, 3.8) is 0 Å². The van der Waals surface area contributed by atoms with Gasteiger partial charge in [-0.3, -0.25) is 4.79 Å². The zero-order valence-corrected chi connectivity index (χ0v) is 11.3. The van der Waals surface area contributed by atoms with Crippen molar-refractivity contribution in [2.45, 2.75) is 32.8 Å². The third-order valence-corrected chi connectivity index (χ3v) is 3.01. The molecule has 3 nitrogen and oxygen atoms in total. The molecule has 0 radical (unpaired) electrons. The Balaban J connectivity index is 2.63. The lowest BCUT2D eigenvalue weighted by Gasteiger charge is -2.19. The van der Waals surface area contributed by atoms with Crippen LogP contribution in [-0.2, 0) is 16.8 Å². The summed E-state index contributed by atoms with van der Waals surface area (Å²) in [5.41, 5.74) is 2.86.